The van der Waals surface area contributed by atoms with Gasteiger partial charge in [0, 0.05) is 6.00 Å². The molecule has 4 atom stereocenters. The minimum atomic E-state index is -0.860. The van der Waals surface area contributed by atoms with E-state index in [-0.39, 0.29) is 6.61 Å². The van der Waals surface area contributed by atoms with Crippen molar-refractivity contribution < 1.29 is 14.9 Å². The van der Waals surface area contributed by atoms with Crippen LogP contribution in [0.5, 0.6) is 0 Å². The summed E-state index contributed by atoms with van der Waals surface area (Å²) in [5.41, 5.74) is 0. The third kappa shape index (κ3) is 1.30. The molecule has 0 saturated carbocycles. The minimum absolute atomic E-state index is 0.252. The molecule has 0 bridgehead atoms. The largest absolute Gasteiger partial charge is 0.394 e. The second-order valence-corrected chi connectivity index (χ2v) is 2.76. The molecule has 0 unspecified atom stereocenters. The van der Waals surface area contributed by atoms with E-state index in [0.717, 1.165) is 0 Å². The van der Waals surface area contributed by atoms with Crippen LogP contribution in [0.2, 0.25) is 0 Å². The second kappa shape index (κ2) is 3.09. The number of alkyl halides is 1. The zero-order chi connectivity index (χ0) is 7.72. The van der Waals surface area contributed by atoms with Gasteiger partial charge in [0.1, 0.15) is 20.1 Å². The van der Waals surface area contributed by atoms with Gasteiger partial charge in [0.25, 0.3) is 0 Å². The molecule has 10 heavy (non-hydrogen) atoms. The van der Waals surface area contributed by atoms with Crippen LogP contribution < -0.4 is 0 Å². The van der Waals surface area contributed by atoms with Crippen molar-refractivity contribution in [1.29, 1.82) is 0 Å². The molecule has 1 rings (SSSR count). The Hall–Kier alpha value is 0.235. The van der Waals surface area contributed by atoms with Crippen molar-refractivity contribution in [2.75, 3.05) is 6.61 Å². The van der Waals surface area contributed by atoms with E-state index in [1.807, 2.05) is 0 Å². The van der Waals surface area contributed by atoms with Crippen molar-refractivity contribution in [3.63, 3.8) is 0 Å². The zero-order valence-electron chi connectivity index (χ0n) is 5.27. The first-order chi connectivity index (χ1) is 4.66. The molecule has 3 nitrogen and oxygen atoms in total. The van der Waals surface area contributed by atoms with Crippen molar-refractivity contribution in [3.05, 3.63) is 0 Å². The maximum atomic E-state index is 9.13. The average Bonchev–Trinajstić information content (AvgIpc) is 2.17. The van der Waals surface area contributed by atoms with Gasteiger partial charge in [-0.15, -0.1) is 11.6 Å². The molecule has 0 aromatic rings. The highest BCUT2D eigenvalue weighted by Crippen LogP contribution is 2.23. The van der Waals surface area contributed by atoms with E-state index >= 15 is 0 Å². The highest BCUT2D eigenvalue weighted by atomic mass is 35.5. The average molecular weight is 162 g/mol. The fourth-order valence-corrected chi connectivity index (χ4v) is 1.13. The van der Waals surface area contributed by atoms with Gasteiger partial charge in [0.15, 0.2) is 0 Å². The summed E-state index contributed by atoms with van der Waals surface area (Å²) >= 11 is 5.58. The lowest BCUT2D eigenvalue weighted by Gasteiger charge is -2.10. The predicted octanol–water partition coefficient (Wildman–Crippen LogP) is -1.16. The number of ether oxygens (including phenoxy) is 1. The molecule has 0 aromatic carbocycles. The van der Waals surface area contributed by atoms with E-state index in [1.165, 1.54) is 0 Å². The van der Waals surface area contributed by atoms with Gasteiger partial charge in [-0.25, -0.2) is 0 Å². The smallest absolute Gasteiger partial charge is 0.111 e. The molecule has 0 amide bonds. The Kier molecular flexibility index (Phi) is 2.58. The maximum Gasteiger partial charge on any atom is 0.111 e. The highest BCUT2D eigenvalue weighted by Gasteiger charge is 2.38. The first-order valence-corrected chi connectivity index (χ1v) is 3.44. The van der Waals surface area contributed by atoms with Gasteiger partial charge >= 0.3 is 0 Å². The van der Waals surface area contributed by atoms with Crippen molar-refractivity contribution >= 4 is 19.4 Å². The van der Waals surface area contributed by atoms with Crippen LogP contribution in [0.15, 0.2) is 0 Å². The molecule has 56 valence electrons. The number of aliphatic hydroxyl groups is 2. The molecule has 2 radical (unpaired) electrons. The molecule has 2 N–H and O–H groups in total. The van der Waals surface area contributed by atoms with E-state index < -0.39 is 23.6 Å². The van der Waals surface area contributed by atoms with Crippen LogP contribution in [0.4, 0.5) is 0 Å². The summed E-state index contributed by atoms with van der Waals surface area (Å²) < 4.78 is 4.88. The van der Waals surface area contributed by atoms with Crippen LogP contribution in [0.1, 0.15) is 0 Å². The molecule has 5 heteroatoms. The van der Waals surface area contributed by atoms with Gasteiger partial charge in [0.05, 0.1) is 12.0 Å². The molecular weight excluding hydrogens is 154 g/mol. The summed E-state index contributed by atoms with van der Waals surface area (Å²) in [4.78, 5) is 0. The Labute approximate surface area is 65.4 Å². The van der Waals surface area contributed by atoms with Gasteiger partial charge in [-0.05, 0) is 0 Å². The van der Waals surface area contributed by atoms with Crippen LogP contribution in [0, 0.1) is 0 Å². The quantitative estimate of drug-likeness (QED) is 0.378. The van der Waals surface area contributed by atoms with Crippen LogP contribution in [0.3, 0.4) is 0 Å². The van der Waals surface area contributed by atoms with E-state index in [0.29, 0.717) is 0 Å². The molecule has 0 aromatic heterocycles. The zero-order valence-corrected chi connectivity index (χ0v) is 6.03. The molecular formula is C5H8BClO3. The van der Waals surface area contributed by atoms with Crippen LogP contribution in [-0.4, -0.2) is 48.3 Å². The first-order valence-electron chi connectivity index (χ1n) is 3.01. The van der Waals surface area contributed by atoms with Gasteiger partial charge < -0.3 is 14.9 Å². The molecule has 1 aliphatic heterocycles. The molecule has 0 spiro atoms. The first kappa shape index (κ1) is 8.33. The number of rotatable bonds is 1. The lowest BCUT2D eigenvalue weighted by Crippen LogP contribution is -2.30. The topological polar surface area (TPSA) is 49.7 Å². The number of halogens is 1. The summed E-state index contributed by atoms with van der Waals surface area (Å²) in [6.45, 7) is -0.252. The van der Waals surface area contributed by atoms with E-state index in [1.54, 1.807) is 0 Å². The Morgan fingerprint density at radius 3 is 2.40 bits per heavy atom. The lowest BCUT2D eigenvalue weighted by atomic mass is 9.95. The molecule has 1 fully saturated rings. The standard InChI is InChI=1S/C5H8BClO3/c6-5-3(7)4(9)2(1-8)10-5/h2-5,8-9H,1H2/t2-,3-,4-,5-/m1/s1. The van der Waals surface area contributed by atoms with Crippen molar-refractivity contribution in [2.24, 2.45) is 0 Å². The van der Waals surface area contributed by atoms with Crippen LogP contribution in [-0.2, 0) is 4.74 Å². The van der Waals surface area contributed by atoms with Gasteiger partial charge in [-0.2, -0.15) is 0 Å². The maximum absolute atomic E-state index is 9.13. The minimum Gasteiger partial charge on any atom is -0.394 e. The molecule has 1 aliphatic rings. The van der Waals surface area contributed by atoms with Crippen molar-refractivity contribution in [1.82, 2.24) is 0 Å². The normalized spacial score (nSPS) is 47.9. The van der Waals surface area contributed by atoms with Gasteiger partial charge in [0.2, 0.25) is 0 Å². The predicted molar refractivity (Wildman–Crippen MR) is 37.1 cm³/mol. The molecule has 1 saturated heterocycles. The second-order valence-electron chi connectivity index (χ2n) is 2.26. The Balaban J connectivity index is 2.53. The van der Waals surface area contributed by atoms with E-state index in [2.05, 4.69) is 0 Å². The number of hydrogen-bond acceptors (Lipinski definition) is 3. The third-order valence-electron chi connectivity index (χ3n) is 1.53. The molecule has 0 aliphatic carbocycles. The fourth-order valence-electron chi connectivity index (χ4n) is 0.908. The summed E-state index contributed by atoms with van der Waals surface area (Å²) in [5, 5.41) is 17.1. The SMILES string of the molecule is [B][C@@H]1O[C@H](CO)[C@@H](O)[C@H]1Cl. The van der Waals surface area contributed by atoms with E-state index in [4.69, 9.17) is 34.4 Å². The van der Waals surface area contributed by atoms with Gasteiger partial charge in [-0.3, -0.25) is 0 Å². The van der Waals surface area contributed by atoms with Crippen LogP contribution >= 0.6 is 11.6 Å². The fraction of sp³-hybridized carbons (Fsp3) is 1.00. The van der Waals surface area contributed by atoms with Crippen molar-refractivity contribution in [3.8, 4) is 0 Å². The number of aliphatic hydroxyl groups excluding tert-OH is 2. The third-order valence-corrected chi connectivity index (χ3v) is 2.04. The van der Waals surface area contributed by atoms with Crippen LogP contribution in [0.25, 0.3) is 0 Å². The summed E-state index contributed by atoms with van der Waals surface area (Å²) in [5.74, 6) is 0. The monoisotopic (exact) mass is 162 g/mol. The molecule has 1 heterocycles. The van der Waals surface area contributed by atoms with E-state index in [9.17, 15) is 0 Å². The highest BCUT2D eigenvalue weighted by molar-refractivity contribution is 6.27. The Morgan fingerprint density at radius 2 is 2.20 bits per heavy atom. The Bertz CT molecular complexity index is 123. The van der Waals surface area contributed by atoms with Crippen molar-refractivity contribution in [2.45, 2.75) is 23.6 Å². The summed E-state index contributed by atoms with van der Waals surface area (Å²) in [6, 6.07) is -0.672. The van der Waals surface area contributed by atoms with Gasteiger partial charge in [-0.1, -0.05) is 0 Å². The summed E-state index contributed by atoms with van der Waals surface area (Å²) in [6.07, 6.45) is -1.49. The number of hydrogen-bond donors (Lipinski definition) is 2. The Morgan fingerprint density at radius 1 is 1.60 bits per heavy atom. The summed E-state index contributed by atoms with van der Waals surface area (Å²) in [7, 11) is 5.31. The lowest BCUT2D eigenvalue weighted by molar-refractivity contribution is -0.00402.